The number of benzene rings is 1. The van der Waals surface area contributed by atoms with E-state index in [9.17, 15) is 9.59 Å². The first-order chi connectivity index (χ1) is 12.0. The maximum absolute atomic E-state index is 12.5. The average Bonchev–Trinajstić information content (AvgIpc) is 3.11. The van der Waals surface area contributed by atoms with Gasteiger partial charge in [0, 0.05) is 20.0 Å². The van der Waals surface area contributed by atoms with Crippen molar-refractivity contribution in [2.45, 2.75) is 32.9 Å². The van der Waals surface area contributed by atoms with E-state index in [1.165, 1.54) is 0 Å². The van der Waals surface area contributed by atoms with Crippen LogP contribution >= 0.6 is 0 Å². The Hall–Kier alpha value is -3.14. The molecule has 1 saturated heterocycles. The fourth-order valence-electron chi connectivity index (χ4n) is 2.90. The summed E-state index contributed by atoms with van der Waals surface area (Å²) in [6.45, 7) is 4.37. The van der Waals surface area contributed by atoms with Crippen molar-refractivity contribution in [2.75, 3.05) is 6.54 Å². The first-order valence-electron chi connectivity index (χ1n) is 8.00. The van der Waals surface area contributed by atoms with Crippen LogP contribution in [-0.2, 0) is 11.3 Å². The van der Waals surface area contributed by atoms with E-state index in [2.05, 4.69) is 16.4 Å². The molecule has 3 rings (SSSR count). The molecule has 7 heteroatoms. The molecule has 0 unspecified atom stereocenters. The van der Waals surface area contributed by atoms with Crippen molar-refractivity contribution in [3.63, 3.8) is 0 Å². The Labute approximate surface area is 145 Å². The Morgan fingerprint density at radius 2 is 2.12 bits per heavy atom. The molecule has 2 aromatic rings. The summed E-state index contributed by atoms with van der Waals surface area (Å²) in [4.78, 5) is 30.5. The molecule has 7 nitrogen and oxygen atoms in total. The van der Waals surface area contributed by atoms with Gasteiger partial charge in [0.05, 0.1) is 11.6 Å². The maximum Gasteiger partial charge on any atom is 0.274 e. The van der Waals surface area contributed by atoms with Crippen LogP contribution in [0, 0.1) is 25.2 Å². The van der Waals surface area contributed by atoms with Crippen LogP contribution in [-0.4, -0.2) is 34.3 Å². The summed E-state index contributed by atoms with van der Waals surface area (Å²) in [7, 11) is 0. The van der Waals surface area contributed by atoms with Gasteiger partial charge in [-0.1, -0.05) is 12.1 Å². The quantitative estimate of drug-likeness (QED) is 0.914. The van der Waals surface area contributed by atoms with Gasteiger partial charge in [-0.05, 0) is 31.0 Å². The molecular formula is C18H18N4O3. The molecule has 1 atom stereocenters. The van der Waals surface area contributed by atoms with Gasteiger partial charge in [-0.2, -0.15) is 5.26 Å². The number of nitriles is 1. The lowest BCUT2D eigenvalue weighted by atomic mass is 10.1. The number of carbonyl (C=O) groups excluding carboxylic acids is 2. The third-order valence-electron chi connectivity index (χ3n) is 4.18. The van der Waals surface area contributed by atoms with Gasteiger partial charge in [0.1, 0.15) is 11.8 Å². The lowest BCUT2D eigenvalue weighted by molar-refractivity contribution is -0.129. The van der Waals surface area contributed by atoms with E-state index in [4.69, 9.17) is 9.68 Å². The monoisotopic (exact) mass is 338 g/mol. The third-order valence-corrected chi connectivity index (χ3v) is 4.18. The van der Waals surface area contributed by atoms with Gasteiger partial charge in [-0.15, -0.1) is 0 Å². The van der Waals surface area contributed by atoms with Gasteiger partial charge in [0.2, 0.25) is 5.91 Å². The van der Waals surface area contributed by atoms with E-state index < -0.39 is 11.9 Å². The molecule has 1 aromatic heterocycles. The highest BCUT2D eigenvalue weighted by molar-refractivity contribution is 5.97. The molecule has 1 fully saturated rings. The standard InChI is InChI=1S/C18H18N4O3/c1-11-16(20-12(2)25-11)17(23)21-15-7-8-22(18(15)24)10-14-5-3-13(9-19)4-6-14/h3-6,15H,7-8,10H2,1-2H3,(H,21,23)/t15-/m0/s1. The second-order valence-corrected chi connectivity index (χ2v) is 6.02. The molecule has 2 amide bonds. The summed E-state index contributed by atoms with van der Waals surface area (Å²) in [5, 5.41) is 11.6. The Kier molecular flexibility index (Phi) is 4.52. The zero-order chi connectivity index (χ0) is 18.0. The number of nitrogens with one attached hydrogen (secondary N) is 1. The normalized spacial score (nSPS) is 16.8. The Bertz CT molecular complexity index is 848. The second kappa shape index (κ2) is 6.77. The van der Waals surface area contributed by atoms with Crippen molar-refractivity contribution in [1.82, 2.24) is 15.2 Å². The van der Waals surface area contributed by atoms with Crippen molar-refractivity contribution in [3.8, 4) is 6.07 Å². The summed E-state index contributed by atoms with van der Waals surface area (Å²) in [6.07, 6.45) is 0.552. The minimum Gasteiger partial charge on any atom is -0.445 e. The minimum absolute atomic E-state index is 0.115. The van der Waals surface area contributed by atoms with Crippen molar-refractivity contribution in [1.29, 1.82) is 5.26 Å². The smallest absolute Gasteiger partial charge is 0.274 e. The van der Waals surface area contributed by atoms with Crippen LogP contribution in [0.5, 0.6) is 0 Å². The van der Waals surface area contributed by atoms with Crippen LogP contribution < -0.4 is 5.32 Å². The Morgan fingerprint density at radius 3 is 2.72 bits per heavy atom. The van der Waals surface area contributed by atoms with Gasteiger partial charge in [0.15, 0.2) is 11.6 Å². The number of hydrogen-bond donors (Lipinski definition) is 1. The largest absolute Gasteiger partial charge is 0.445 e. The molecule has 25 heavy (non-hydrogen) atoms. The lowest BCUT2D eigenvalue weighted by Crippen LogP contribution is -2.41. The van der Waals surface area contributed by atoms with E-state index in [-0.39, 0.29) is 11.6 Å². The van der Waals surface area contributed by atoms with Crippen LogP contribution in [0.4, 0.5) is 0 Å². The van der Waals surface area contributed by atoms with E-state index in [1.54, 1.807) is 30.9 Å². The molecular weight excluding hydrogens is 320 g/mol. The fourth-order valence-corrected chi connectivity index (χ4v) is 2.90. The molecule has 1 aliphatic heterocycles. The van der Waals surface area contributed by atoms with Crippen molar-refractivity contribution in [3.05, 3.63) is 52.7 Å². The van der Waals surface area contributed by atoms with Crippen LogP contribution in [0.15, 0.2) is 28.7 Å². The lowest BCUT2D eigenvalue weighted by Gasteiger charge is -2.17. The van der Waals surface area contributed by atoms with Gasteiger partial charge in [-0.3, -0.25) is 9.59 Å². The zero-order valence-corrected chi connectivity index (χ0v) is 14.1. The highest BCUT2D eigenvalue weighted by Crippen LogP contribution is 2.17. The number of amides is 2. The van der Waals surface area contributed by atoms with E-state index in [1.807, 2.05) is 12.1 Å². The SMILES string of the molecule is Cc1nc(C(=O)N[C@H]2CCN(Cc3ccc(C#N)cc3)C2=O)c(C)o1. The van der Waals surface area contributed by atoms with E-state index in [0.717, 1.165) is 5.56 Å². The molecule has 2 heterocycles. The number of hydrogen-bond acceptors (Lipinski definition) is 5. The highest BCUT2D eigenvalue weighted by atomic mass is 16.4. The first-order valence-corrected chi connectivity index (χ1v) is 8.00. The summed E-state index contributed by atoms with van der Waals surface area (Å²) in [5.41, 5.74) is 1.75. The first kappa shape index (κ1) is 16.7. The number of aryl methyl sites for hydroxylation is 2. The van der Waals surface area contributed by atoms with Gasteiger partial charge in [-0.25, -0.2) is 4.98 Å². The Balaban J connectivity index is 1.62. The van der Waals surface area contributed by atoms with Crippen molar-refractivity contribution >= 4 is 11.8 Å². The summed E-state index contributed by atoms with van der Waals surface area (Å²) < 4.78 is 5.26. The second-order valence-electron chi connectivity index (χ2n) is 6.02. The molecule has 1 N–H and O–H groups in total. The van der Waals surface area contributed by atoms with Crippen molar-refractivity contribution in [2.24, 2.45) is 0 Å². The van der Waals surface area contributed by atoms with Crippen LogP contribution in [0.25, 0.3) is 0 Å². The molecule has 0 bridgehead atoms. The molecule has 128 valence electrons. The topological polar surface area (TPSA) is 99.2 Å². The fraction of sp³-hybridized carbons (Fsp3) is 0.333. The van der Waals surface area contributed by atoms with Crippen LogP contribution in [0.2, 0.25) is 0 Å². The third kappa shape index (κ3) is 3.53. The number of oxazole rings is 1. The van der Waals surface area contributed by atoms with Crippen molar-refractivity contribution < 1.29 is 14.0 Å². The van der Waals surface area contributed by atoms with Gasteiger partial charge in [0.25, 0.3) is 5.91 Å². The molecule has 0 aliphatic carbocycles. The summed E-state index contributed by atoms with van der Waals surface area (Å²) >= 11 is 0. The Morgan fingerprint density at radius 1 is 1.40 bits per heavy atom. The van der Waals surface area contributed by atoms with Crippen LogP contribution in [0.3, 0.4) is 0 Å². The predicted octanol–water partition coefficient (Wildman–Crippen LogP) is 1.69. The summed E-state index contributed by atoms with van der Waals surface area (Å²) in [6, 6.07) is 8.63. The van der Waals surface area contributed by atoms with E-state index in [0.29, 0.717) is 36.7 Å². The molecule has 0 spiro atoms. The minimum atomic E-state index is -0.553. The maximum atomic E-state index is 12.5. The molecule has 0 radical (unpaired) electrons. The number of likely N-dealkylation sites (tertiary alicyclic amines) is 1. The van der Waals surface area contributed by atoms with E-state index >= 15 is 0 Å². The van der Waals surface area contributed by atoms with Gasteiger partial charge < -0.3 is 14.6 Å². The zero-order valence-electron chi connectivity index (χ0n) is 14.1. The molecule has 0 saturated carbocycles. The number of nitrogens with zero attached hydrogens (tertiary/aromatic N) is 3. The number of carbonyl (C=O) groups is 2. The average molecular weight is 338 g/mol. The van der Waals surface area contributed by atoms with Crippen LogP contribution in [0.1, 0.15) is 39.7 Å². The highest BCUT2D eigenvalue weighted by Gasteiger charge is 2.33. The number of aromatic nitrogens is 1. The molecule has 1 aromatic carbocycles. The predicted molar refractivity (Wildman–Crippen MR) is 88.4 cm³/mol. The van der Waals surface area contributed by atoms with Gasteiger partial charge >= 0.3 is 0 Å². The molecule has 1 aliphatic rings. The summed E-state index contributed by atoms with van der Waals surface area (Å²) in [5.74, 6) is 0.348. The number of rotatable bonds is 4.